The normalized spacial score (nSPS) is 47.5. The molecule has 0 radical (unpaired) electrons. The molecule has 2 atom stereocenters. The first-order chi connectivity index (χ1) is 5.81. The fourth-order valence-electron chi connectivity index (χ4n) is 2.62. The Bertz CT molecular complexity index is 271. The summed E-state index contributed by atoms with van der Waals surface area (Å²) in [6.45, 7) is 5.94. The number of hydrogen-bond donors (Lipinski definition) is 1. The maximum absolute atomic E-state index is 11.2. The van der Waals surface area contributed by atoms with Crippen molar-refractivity contribution in [2.24, 2.45) is 5.41 Å². The van der Waals surface area contributed by atoms with Crippen molar-refractivity contribution in [1.29, 1.82) is 0 Å². The van der Waals surface area contributed by atoms with E-state index in [-0.39, 0.29) is 17.8 Å². The van der Waals surface area contributed by atoms with E-state index in [0.717, 1.165) is 6.42 Å². The van der Waals surface area contributed by atoms with E-state index in [1.165, 1.54) is 0 Å². The lowest BCUT2D eigenvalue weighted by Crippen LogP contribution is -2.51. The van der Waals surface area contributed by atoms with E-state index in [4.69, 9.17) is 4.74 Å². The SMILES string of the molecule is CC1(C)CCC2(O)CC(=O)OC12C. The van der Waals surface area contributed by atoms with Gasteiger partial charge in [-0.2, -0.15) is 0 Å². The third kappa shape index (κ3) is 0.857. The van der Waals surface area contributed by atoms with Crippen LogP contribution in [0.1, 0.15) is 40.0 Å². The summed E-state index contributed by atoms with van der Waals surface area (Å²) in [6, 6.07) is 0. The minimum absolute atomic E-state index is 0.117. The van der Waals surface area contributed by atoms with Crippen molar-refractivity contribution in [2.75, 3.05) is 0 Å². The molecule has 0 aromatic heterocycles. The number of ether oxygens (including phenoxy) is 1. The van der Waals surface area contributed by atoms with Gasteiger partial charge < -0.3 is 9.84 Å². The number of hydrogen-bond acceptors (Lipinski definition) is 3. The van der Waals surface area contributed by atoms with E-state index in [1.807, 2.05) is 20.8 Å². The first-order valence-electron chi connectivity index (χ1n) is 4.75. The Morgan fingerprint density at radius 3 is 2.46 bits per heavy atom. The van der Waals surface area contributed by atoms with Crippen LogP contribution in [0.15, 0.2) is 0 Å². The second kappa shape index (κ2) is 2.08. The van der Waals surface area contributed by atoms with Gasteiger partial charge in [-0.25, -0.2) is 0 Å². The topological polar surface area (TPSA) is 46.5 Å². The molecule has 2 unspecified atom stereocenters. The fraction of sp³-hybridized carbons (Fsp3) is 0.900. The minimum atomic E-state index is -0.923. The van der Waals surface area contributed by atoms with Crippen molar-refractivity contribution >= 4 is 5.97 Å². The number of aliphatic hydroxyl groups is 1. The van der Waals surface area contributed by atoms with Gasteiger partial charge in [0.15, 0.2) is 0 Å². The molecule has 13 heavy (non-hydrogen) atoms. The van der Waals surface area contributed by atoms with Crippen LogP contribution < -0.4 is 0 Å². The van der Waals surface area contributed by atoms with Crippen LogP contribution in [0.2, 0.25) is 0 Å². The van der Waals surface area contributed by atoms with E-state index in [9.17, 15) is 9.90 Å². The van der Waals surface area contributed by atoms with Gasteiger partial charge in [0.25, 0.3) is 0 Å². The summed E-state index contributed by atoms with van der Waals surface area (Å²) in [5.74, 6) is -0.266. The quantitative estimate of drug-likeness (QED) is 0.576. The Morgan fingerprint density at radius 2 is 1.92 bits per heavy atom. The Morgan fingerprint density at radius 1 is 1.31 bits per heavy atom. The molecule has 0 bridgehead atoms. The van der Waals surface area contributed by atoms with E-state index >= 15 is 0 Å². The van der Waals surface area contributed by atoms with Crippen LogP contribution in [-0.2, 0) is 9.53 Å². The molecule has 1 aliphatic carbocycles. The zero-order chi connectivity index (χ0) is 9.91. The van der Waals surface area contributed by atoms with Gasteiger partial charge in [0.05, 0.1) is 6.42 Å². The lowest BCUT2D eigenvalue weighted by Gasteiger charge is -2.39. The zero-order valence-electron chi connectivity index (χ0n) is 8.39. The average molecular weight is 184 g/mol. The summed E-state index contributed by atoms with van der Waals surface area (Å²) < 4.78 is 5.30. The number of carbonyl (C=O) groups excluding carboxylic acids is 1. The van der Waals surface area contributed by atoms with Crippen LogP contribution in [-0.4, -0.2) is 22.3 Å². The van der Waals surface area contributed by atoms with Gasteiger partial charge in [-0.1, -0.05) is 13.8 Å². The molecule has 0 amide bonds. The third-order valence-electron chi connectivity index (χ3n) is 4.10. The molecule has 1 heterocycles. The van der Waals surface area contributed by atoms with Crippen molar-refractivity contribution in [2.45, 2.75) is 51.2 Å². The Kier molecular flexibility index (Phi) is 1.44. The molecular formula is C10H16O3. The smallest absolute Gasteiger partial charge is 0.309 e. The van der Waals surface area contributed by atoms with Crippen LogP contribution in [0, 0.1) is 5.41 Å². The van der Waals surface area contributed by atoms with Gasteiger partial charge in [-0.05, 0) is 19.8 Å². The third-order valence-corrected chi connectivity index (χ3v) is 4.10. The van der Waals surface area contributed by atoms with Gasteiger partial charge in [-0.3, -0.25) is 4.79 Å². The minimum Gasteiger partial charge on any atom is -0.456 e. The Hall–Kier alpha value is -0.570. The van der Waals surface area contributed by atoms with Crippen molar-refractivity contribution in [3.8, 4) is 0 Å². The number of carbonyl (C=O) groups is 1. The van der Waals surface area contributed by atoms with Crippen LogP contribution in [0.5, 0.6) is 0 Å². The highest BCUT2D eigenvalue weighted by atomic mass is 16.6. The monoisotopic (exact) mass is 184 g/mol. The average Bonchev–Trinajstić information content (AvgIpc) is 2.28. The molecular weight excluding hydrogens is 168 g/mol. The highest BCUT2D eigenvalue weighted by Crippen LogP contribution is 2.58. The molecule has 2 rings (SSSR count). The van der Waals surface area contributed by atoms with Gasteiger partial charge in [0.1, 0.15) is 11.2 Å². The van der Waals surface area contributed by atoms with Crippen molar-refractivity contribution in [3.63, 3.8) is 0 Å². The maximum Gasteiger partial charge on any atom is 0.309 e. The van der Waals surface area contributed by atoms with Crippen molar-refractivity contribution < 1.29 is 14.6 Å². The molecule has 3 nitrogen and oxygen atoms in total. The van der Waals surface area contributed by atoms with Gasteiger partial charge in [0, 0.05) is 5.41 Å². The van der Waals surface area contributed by atoms with Crippen LogP contribution in [0.4, 0.5) is 0 Å². The number of esters is 1. The second-order valence-electron chi connectivity index (χ2n) is 5.10. The van der Waals surface area contributed by atoms with E-state index in [1.54, 1.807) is 0 Å². The summed E-state index contributed by atoms with van der Waals surface area (Å²) >= 11 is 0. The molecule has 74 valence electrons. The highest BCUT2D eigenvalue weighted by Gasteiger charge is 2.67. The second-order valence-corrected chi connectivity index (χ2v) is 5.10. The summed E-state index contributed by atoms with van der Waals surface area (Å²) in [7, 11) is 0. The molecule has 0 spiro atoms. The Balaban J connectivity index is 2.46. The molecule has 2 aliphatic rings. The standard InChI is InChI=1S/C10H16O3/c1-8(2)4-5-10(12)6-7(11)13-9(8,10)3/h12H,4-6H2,1-3H3. The molecule has 1 saturated heterocycles. The molecule has 1 N–H and O–H groups in total. The molecule has 1 saturated carbocycles. The van der Waals surface area contributed by atoms with Crippen LogP contribution >= 0.6 is 0 Å². The van der Waals surface area contributed by atoms with Crippen LogP contribution in [0.25, 0.3) is 0 Å². The van der Waals surface area contributed by atoms with Crippen molar-refractivity contribution in [1.82, 2.24) is 0 Å². The first-order valence-corrected chi connectivity index (χ1v) is 4.75. The molecule has 1 aliphatic heterocycles. The first kappa shape index (κ1) is 9.00. The predicted octanol–water partition coefficient (Wildman–Crippen LogP) is 1.24. The fourth-order valence-corrected chi connectivity index (χ4v) is 2.62. The summed E-state index contributed by atoms with van der Waals surface area (Å²) in [5, 5.41) is 10.3. The van der Waals surface area contributed by atoms with Crippen molar-refractivity contribution in [3.05, 3.63) is 0 Å². The van der Waals surface area contributed by atoms with Crippen LogP contribution in [0.3, 0.4) is 0 Å². The van der Waals surface area contributed by atoms with Gasteiger partial charge in [0.2, 0.25) is 0 Å². The largest absolute Gasteiger partial charge is 0.456 e. The predicted molar refractivity (Wildman–Crippen MR) is 47.1 cm³/mol. The van der Waals surface area contributed by atoms with Gasteiger partial charge in [-0.15, -0.1) is 0 Å². The number of rotatable bonds is 0. The zero-order valence-corrected chi connectivity index (χ0v) is 8.39. The van der Waals surface area contributed by atoms with E-state index in [2.05, 4.69) is 0 Å². The summed E-state index contributed by atoms with van der Waals surface area (Å²) in [5.41, 5.74) is -1.72. The van der Waals surface area contributed by atoms with E-state index in [0.29, 0.717) is 6.42 Å². The highest BCUT2D eigenvalue weighted by molar-refractivity contribution is 5.75. The summed E-state index contributed by atoms with van der Waals surface area (Å²) in [6.07, 6.45) is 1.74. The Labute approximate surface area is 78.1 Å². The number of fused-ring (bicyclic) bond motifs is 1. The lowest BCUT2D eigenvalue weighted by molar-refractivity contribution is -0.165. The molecule has 0 aromatic rings. The summed E-state index contributed by atoms with van der Waals surface area (Å²) in [4.78, 5) is 11.2. The maximum atomic E-state index is 11.2. The molecule has 0 aromatic carbocycles. The van der Waals surface area contributed by atoms with Gasteiger partial charge >= 0.3 is 5.97 Å². The van der Waals surface area contributed by atoms with E-state index < -0.39 is 11.2 Å². The molecule has 3 heteroatoms. The molecule has 2 fully saturated rings. The lowest BCUT2D eigenvalue weighted by atomic mass is 9.74.